The molecule has 2 aromatic rings. The third-order valence-electron chi connectivity index (χ3n) is 2.17. The second-order valence-electron chi connectivity index (χ2n) is 3.36. The van der Waals surface area contributed by atoms with Gasteiger partial charge in [-0.25, -0.2) is 13.8 Å². The third-order valence-corrected chi connectivity index (χ3v) is 2.96. The van der Waals surface area contributed by atoms with Crippen LogP contribution in [0.2, 0.25) is 0 Å². The fourth-order valence-electron chi connectivity index (χ4n) is 1.39. The first-order valence-corrected chi connectivity index (χ1v) is 5.51. The van der Waals surface area contributed by atoms with E-state index in [1.807, 2.05) is 0 Å². The molecule has 2 rings (SSSR count). The summed E-state index contributed by atoms with van der Waals surface area (Å²) >= 11 is 1.35. The molecule has 1 heterocycles. The number of benzene rings is 1. The van der Waals surface area contributed by atoms with Crippen molar-refractivity contribution in [1.82, 2.24) is 4.98 Å². The topological polar surface area (TPSA) is 33.1 Å². The van der Waals surface area contributed by atoms with Crippen LogP contribution >= 0.6 is 11.3 Å². The number of nitrogens with zero attached hydrogens (tertiary/aromatic N) is 1. The summed E-state index contributed by atoms with van der Waals surface area (Å²) in [6, 6.07) is 2.99. The Morgan fingerprint density at radius 3 is 2.75 bits per heavy atom. The molecule has 0 aliphatic carbocycles. The summed E-state index contributed by atoms with van der Waals surface area (Å²) < 4.78 is 26.3. The van der Waals surface area contributed by atoms with E-state index in [1.54, 1.807) is 12.3 Å². The van der Waals surface area contributed by atoms with Crippen LogP contribution in [0.1, 0.15) is 22.4 Å². The molecular formula is C11H9F2NOS. The highest BCUT2D eigenvalue weighted by Gasteiger charge is 2.18. The van der Waals surface area contributed by atoms with Crippen molar-refractivity contribution in [1.29, 1.82) is 0 Å². The number of aliphatic hydroxyl groups excluding tert-OH is 1. The molecule has 0 saturated heterocycles. The lowest BCUT2D eigenvalue weighted by Gasteiger charge is -2.09. The normalized spacial score (nSPS) is 12.8. The molecule has 0 bridgehead atoms. The van der Waals surface area contributed by atoms with Gasteiger partial charge in [0, 0.05) is 10.9 Å². The molecule has 0 fully saturated rings. The molecule has 16 heavy (non-hydrogen) atoms. The van der Waals surface area contributed by atoms with Crippen LogP contribution in [0.25, 0.3) is 0 Å². The molecule has 2 nitrogen and oxygen atoms in total. The smallest absolute Gasteiger partial charge is 0.129 e. The zero-order valence-electron chi connectivity index (χ0n) is 8.45. The van der Waals surface area contributed by atoms with Crippen LogP contribution in [0.3, 0.4) is 0 Å². The minimum absolute atomic E-state index is 0.0923. The lowest BCUT2D eigenvalue weighted by atomic mass is 10.1. The second kappa shape index (κ2) is 4.27. The predicted octanol–water partition coefficient (Wildman–Crippen LogP) is 2.81. The monoisotopic (exact) mass is 241 g/mol. The second-order valence-corrected chi connectivity index (χ2v) is 4.42. The molecule has 84 valence electrons. The van der Waals surface area contributed by atoms with Crippen LogP contribution in [0.15, 0.2) is 23.6 Å². The van der Waals surface area contributed by atoms with Crippen LogP contribution in [0, 0.1) is 18.6 Å². The highest BCUT2D eigenvalue weighted by atomic mass is 32.1. The summed E-state index contributed by atoms with van der Waals surface area (Å²) in [4.78, 5) is 4.04. The van der Waals surface area contributed by atoms with Gasteiger partial charge in [0.2, 0.25) is 0 Å². The van der Waals surface area contributed by atoms with Crippen molar-refractivity contribution in [2.24, 2.45) is 0 Å². The van der Waals surface area contributed by atoms with Gasteiger partial charge in [0.1, 0.15) is 17.7 Å². The van der Waals surface area contributed by atoms with E-state index in [4.69, 9.17) is 0 Å². The number of rotatable bonds is 2. The molecule has 1 aromatic heterocycles. The van der Waals surface area contributed by atoms with Crippen molar-refractivity contribution in [3.63, 3.8) is 0 Å². The van der Waals surface area contributed by atoms with Gasteiger partial charge in [-0.15, -0.1) is 11.3 Å². The summed E-state index contributed by atoms with van der Waals surface area (Å²) in [5.41, 5.74) is 0.248. The number of hydrogen-bond acceptors (Lipinski definition) is 3. The predicted molar refractivity (Wildman–Crippen MR) is 57.3 cm³/mol. The molecule has 0 aliphatic heterocycles. The minimum atomic E-state index is -1.22. The Morgan fingerprint density at radius 2 is 2.12 bits per heavy atom. The maximum atomic E-state index is 13.4. The average molecular weight is 241 g/mol. The van der Waals surface area contributed by atoms with Crippen LogP contribution < -0.4 is 0 Å². The minimum Gasteiger partial charge on any atom is -0.382 e. The number of aromatic nitrogens is 1. The molecule has 0 radical (unpaired) electrons. The maximum absolute atomic E-state index is 13.4. The number of halogens is 2. The molecule has 1 N–H and O–H groups in total. The van der Waals surface area contributed by atoms with Gasteiger partial charge in [-0.05, 0) is 25.1 Å². The summed E-state index contributed by atoms with van der Waals surface area (Å²) in [7, 11) is 0. The average Bonchev–Trinajstić information content (AvgIpc) is 2.67. The number of thiazole rings is 1. The molecule has 1 unspecified atom stereocenters. The Kier molecular flexibility index (Phi) is 2.98. The van der Waals surface area contributed by atoms with Gasteiger partial charge in [-0.2, -0.15) is 0 Å². The van der Waals surface area contributed by atoms with Crippen molar-refractivity contribution >= 4 is 11.3 Å². The Bertz CT molecular complexity index is 512. The van der Waals surface area contributed by atoms with Crippen LogP contribution in [-0.2, 0) is 0 Å². The number of aryl methyl sites for hydroxylation is 1. The van der Waals surface area contributed by atoms with Crippen molar-refractivity contribution in [2.75, 3.05) is 0 Å². The highest BCUT2D eigenvalue weighted by molar-refractivity contribution is 7.09. The lowest BCUT2D eigenvalue weighted by Crippen LogP contribution is -2.03. The van der Waals surface area contributed by atoms with Crippen molar-refractivity contribution < 1.29 is 13.9 Å². The first-order valence-electron chi connectivity index (χ1n) is 4.63. The Labute approximate surface area is 95.2 Å². The zero-order valence-corrected chi connectivity index (χ0v) is 9.26. The van der Waals surface area contributed by atoms with E-state index >= 15 is 0 Å². The van der Waals surface area contributed by atoms with E-state index < -0.39 is 17.7 Å². The van der Waals surface area contributed by atoms with E-state index in [-0.39, 0.29) is 5.56 Å². The highest BCUT2D eigenvalue weighted by Crippen LogP contribution is 2.25. The van der Waals surface area contributed by atoms with E-state index in [0.29, 0.717) is 5.69 Å². The molecule has 1 atom stereocenters. The summed E-state index contributed by atoms with van der Waals surface area (Å²) in [6.07, 6.45) is -1.22. The Hall–Kier alpha value is -1.33. The zero-order chi connectivity index (χ0) is 11.7. The van der Waals surface area contributed by atoms with Crippen LogP contribution in [-0.4, -0.2) is 10.1 Å². The van der Waals surface area contributed by atoms with E-state index in [9.17, 15) is 13.9 Å². The van der Waals surface area contributed by atoms with E-state index in [1.165, 1.54) is 11.3 Å². The number of aliphatic hydroxyl groups is 1. The molecular weight excluding hydrogens is 232 g/mol. The van der Waals surface area contributed by atoms with Crippen molar-refractivity contribution in [3.05, 3.63) is 51.5 Å². The molecule has 5 heteroatoms. The Balaban J connectivity index is 2.40. The van der Waals surface area contributed by atoms with Crippen molar-refractivity contribution in [2.45, 2.75) is 13.0 Å². The van der Waals surface area contributed by atoms with Gasteiger partial charge in [0.15, 0.2) is 0 Å². The largest absolute Gasteiger partial charge is 0.382 e. The third kappa shape index (κ3) is 2.10. The standard InChI is InChI=1S/C11H9F2NOS/c1-6-14-10(5-16-6)11(15)8-4-7(12)2-3-9(8)13/h2-5,11,15H,1H3. The summed E-state index contributed by atoms with van der Waals surface area (Å²) in [6.45, 7) is 1.78. The quantitative estimate of drug-likeness (QED) is 0.877. The van der Waals surface area contributed by atoms with Gasteiger partial charge in [0.05, 0.1) is 10.7 Å². The summed E-state index contributed by atoms with van der Waals surface area (Å²) in [5, 5.41) is 12.2. The first kappa shape index (κ1) is 11.2. The van der Waals surface area contributed by atoms with Gasteiger partial charge in [-0.3, -0.25) is 0 Å². The first-order chi connectivity index (χ1) is 7.58. The van der Waals surface area contributed by atoms with E-state index in [0.717, 1.165) is 23.2 Å². The SMILES string of the molecule is Cc1nc(C(O)c2cc(F)ccc2F)cs1. The van der Waals surface area contributed by atoms with Gasteiger partial charge in [0.25, 0.3) is 0 Å². The summed E-state index contributed by atoms with van der Waals surface area (Å²) in [5.74, 6) is -1.22. The molecule has 1 aromatic carbocycles. The van der Waals surface area contributed by atoms with Gasteiger partial charge >= 0.3 is 0 Å². The van der Waals surface area contributed by atoms with Crippen LogP contribution in [0.5, 0.6) is 0 Å². The fraction of sp³-hybridized carbons (Fsp3) is 0.182. The number of hydrogen-bond donors (Lipinski definition) is 1. The van der Waals surface area contributed by atoms with Crippen molar-refractivity contribution in [3.8, 4) is 0 Å². The Morgan fingerprint density at radius 1 is 1.38 bits per heavy atom. The molecule has 0 spiro atoms. The molecule has 0 aliphatic rings. The van der Waals surface area contributed by atoms with Gasteiger partial charge in [-0.1, -0.05) is 0 Å². The molecule has 0 amide bonds. The lowest BCUT2D eigenvalue weighted by molar-refractivity contribution is 0.210. The van der Waals surface area contributed by atoms with Crippen LogP contribution in [0.4, 0.5) is 8.78 Å². The molecule has 0 saturated carbocycles. The maximum Gasteiger partial charge on any atom is 0.129 e. The fourth-order valence-corrected chi connectivity index (χ4v) is 2.02. The van der Waals surface area contributed by atoms with Gasteiger partial charge < -0.3 is 5.11 Å². The van der Waals surface area contributed by atoms with E-state index in [2.05, 4.69) is 4.98 Å².